The molecule has 2 aromatic rings. The van der Waals surface area contributed by atoms with Gasteiger partial charge in [-0.2, -0.15) is 5.10 Å². The predicted molar refractivity (Wildman–Crippen MR) is 88.7 cm³/mol. The molecule has 0 bridgehead atoms. The Morgan fingerprint density at radius 1 is 1.33 bits per heavy atom. The molecule has 1 aliphatic heterocycles. The molecule has 3 rings (SSSR count). The smallest absolute Gasteiger partial charge is 0.295 e. The van der Waals surface area contributed by atoms with Crippen LogP contribution in [0.1, 0.15) is 12.8 Å². The fraction of sp³-hybridized carbons (Fsp3) is 0.375. The van der Waals surface area contributed by atoms with Crippen molar-refractivity contribution in [1.29, 1.82) is 0 Å². The van der Waals surface area contributed by atoms with E-state index < -0.39 is 10.7 Å². The second kappa shape index (κ2) is 6.77. The third-order valence-corrected chi connectivity index (χ3v) is 4.41. The van der Waals surface area contributed by atoms with Crippen molar-refractivity contribution in [2.24, 2.45) is 0 Å². The average molecular weight is 331 g/mol. The van der Waals surface area contributed by atoms with Crippen LogP contribution < -0.4 is 9.80 Å². The van der Waals surface area contributed by atoms with E-state index in [4.69, 9.17) is 0 Å². The molecule has 1 aromatic heterocycles. The Morgan fingerprint density at radius 3 is 2.71 bits per heavy atom. The Balaban J connectivity index is 1.72. The maximum atomic E-state index is 13.3. The van der Waals surface area contributed by atoms with E-state index in [-0.39, 0.29) is 11.7 Å². The predicted octanol–water partition coefficient (Wildman–Crippen LogP) is 2.63. The highest BCUT2D eigenvalue weighted by molar-refractivity contribution is 5.63. The van der Waals surface area contributed by atoms with Crippen LogP contribution in [0, 0.1) is 15.9 Å². The van der Waals surface area contributed by atoms with Crippen molar-refractivity contribution in [2.45, 2.75) is 18.9 Å². The highest BCUT2D eigenvalue weighted by atomic mass is 19.1. The zero-order valence-electron chi connectivity index (χ0n) is 13.3. The average Bonchev–Trinajstić information content (AvgIpc) is 2.62. The van der Waals surface area contributed by atoms with Crippen LogP contribution in [-0.2, 0) is 0 Å². The van der Waals surface area contributed by atoms with Gasteiger partial charge in [0.25, 0.3) is 5.69 Å². The molecular weight excluding hydrogens is 313 g/mol. The summed E-state index contributed by atoms with van der Waals surface area (Å²) in [6.45, 7) is 1.59. The monoisotopic (exact) mass is 331 g/mol. The van der Waals surface area contributed by atoms with Crippen molar-refractivity contribution < 1.29 is 9.31 Å². The number of rotatable bonds is 4. The molecule has 1 aromatic carbocycles. The maximum Gasteiger partial charge on any atom is 0.295 e. The van der Waals surface area contributed by atoms with Gasteiger partial charge in [-0.25, -0.2) is 4.39 Å². The van der Waals surface area contributed by atoms with Crippen molar-refractivity contribution in [1.82, 2.24) is 10.2 Å². The lowest BCUT2D eigenvalue weighted by Crippen LogP contribution is -2.44. The molecule has 8 heteroatoms. The van der Waals surface area contributed by atoms with Gasteiger partial charge in [0, 0.05) is 32.4 Å². The number of aromatic nitrogens is 2. The van der Waals surface area contributed by atoms with Crippen molar-refractivity contribution in [3.05, 3.63) is 52.5 Å². The first-order chi connectivity index (χ1) is 11.6. The number of piperidine rings is 1. The Bertz CT molecular complexity index is 720. The zero-order valence-corrected chi connectivity index (χ0v) is 13.3. The van der Waals surface area contributed by atoms with Gasteiger partial charge in [-0.1, -0.05) is 0 Å². The van der Waals surface area contributed by atoms with Gasteiger partial charge < -0.3 is 9.80 Å². The van der Waals surface area contributed by atoms with E-state index in [1.165, 1.54) is 12.1 Å². The van der Waals surface area contributed by atoms with Crippen molar-refractivity contribution in [3.63, 3.8) is 0 Å². The number of nitrogens with zero attached hydrogens (tertiary/aromatic N) is 5. The van der Waals surface area contributed by atoms with Gasteiger partial charge in [0.2, 0.25) is 0 Å². The molecule has 126 valence electrons. The summed E-state index contributed by atoms with van der Waals surface area (Å²) in [5, 5.41) is 19.2. The summed E-state index contributed by atoms with van der Waals surface area (Å²) in [7, 11) is 1.82. The van der Waals surface area contributed by atoms with Gasteiger partial charge in [0.05, 0.1) is 11.0 Å². The number of halogens is 1. The molecule has 7 nitrogen and oxygen atoms in total. The van der Waals surface area contributed by atoms with Gasteiger partial charge in [-0.15, -0.1) is 5.10 Å². The second-order valence-electron chi connectivity index (χ2n) is 5.80. The van der Waals surface area contributed by atoms with E-state index in [2.05, 4.69) is 15.1 Å². The fourth-order valence-corrected chi connectivity index (χ4v) is 3.08. The van der Waals surface area contributed by atoms with Crippen LogP contribution in [0.25, 0.3) is 0 Å². The summed E-state index contributed by atoms with van der Waals surface area (Å²) in [5.41, 5.74) is 0.244. The highest BCUT2D eigenvalue weighted by Crippen LogP contribution is 2.32. The fourth-order valence-electron chi connectivity index (χ4n) is 3.08. The number of anilines is 2. The normalized spacial score (nSPS) is 15.3. The van der Waals surface area contributed by atoms with Crippen LogP contribution in [-0.4, -0.2) is 41.3 Å². The molecule has 0 radical (unpaired) electrons. The lowest BCUT2D eigenvalue weighted by atomic mass is 10.0. The zero-order chi connectivity index (χ0) is 17.1. The number of nitro groups is 1. The number of benzene rings is 1. The molecule has 0 atom stereocenters. The summed E-state index contributed by atoms with van der Waals surface area (Å²) in [6.07, 6.45) is 3.31. The summed E-state index contributed by atoms with van der Waals surface area (Å²) in [4.78, 5) is 14.7. The first-order valence-corrected chi connectivity index (χ1v) is 7.75. The minimum Gasteiger partial charge on any atom is -0.366 e. The van der Waals surface area contributed by atoms with Crippen LogP contribution in [0.15, 0.2) is 36.5 Å². The van der Waals surface area contributed by atoms with E-state index in [0.29, 0.717) is 5.69 Å². The third kappa shape index (κ3) is 3.27. The first-order valence-electron chi connectivity index (χ1n) is 7.75. The topological polar surface area (TPSA) is 75.4 Å². The van der Waals surface area contributed by atoms with Crippen LogP contribution in [0.2, 0.25) is 0 Å². The summed E-state index contributed by atoms with van der Waals surface area (Å²) in [6, 6.07) is 7.63. The summed E-state index contributed by atoms with van der Waals surface area (Å²) in [5.74, 6) is 0.239. The van der Waals surface area contributed by atoms with Crippen molar-refractivity contribution in [3.8, 4) is 0 Å². The van der Waals surface area contributed by atoms with Crippen LogP contribution in [0.4, 0.5) is 21.6 Å². The minimum absolute atomic E-state index is 0.155. The highest BCUT2D eigenvalue weighted by Gasteiger charge is 2.27. The van der Waals surface area contributed by atoms with Crippen LogP contribution in [0.5, 0.6) is 0 Å². The molecule has 0 N–H and O–H groups in total. The molecule has 0 saturated carbocycles. The molecule has 0 unspecified atom stereocenters. The Morgan fingerprint density at radius 2 is 2.08 bits per heavy atom. The van der Waals surface area contributed by atoms with E-state index in [0.717, 1.165) is 37.8 Å². The van der Waals surface area contributed by atoms with Crippen LogP contribution in [0.3, 0.4) is 0 Å². The molecule has 1 saturated heterocycles. The van der Waals surface area contributed by atoms with Gasteiger partial charge in [-0.05, 0) is 37.1 Å². The first kappa shape index (κ1) is 16.1. The van der Waals surface area contributed by atoms with E-state index in [9.17, 15) is 14.5 Å². The van der Waals surface area contributed by atoms with Crippen molar-refractivity contribution >= 4 is 17.2 Å². The standard InChI is InChI=1S/C16H18FN5O2/c1-20(14-5-4-12(17)11-15(14)22(23)24)13-6-9-21(10-7-13)16-3-2-8-18-19-16/h2-5,8,11,13H,6-7,9-10H2,1H3. The molecule has 24 heavy (non-hydrogen) atoms. The minimum atomic E-state index is -0.601. The second-order valence-corrected chi connectivity index (χ2v) is 5.80. The lowest BCUT2D eigenvalue weighted by molar-refractivity contribution is -0.384. The van der Waals surface area contributed by atoms with E-state index in [1.807, 2.05) is 24.1 Å². The van der Waals surface area contributed by atoms with Gasteiger partial charge >= 0.3 is 0 Å². The molecule has 1 aliphatic rings. The largest absolute Gasteiger partial charge is 0.366 e. The van der Waals surface area contributed by atoms with Gasteiger partial charge in [-0.3, -0.25) is 10.1 Å². The summed E-state index contributed by atoms with van der Waals surface area (Å²) < 4.78 is 13.3. The molecule has 2 heterocycles. The molecule has 0 amide bonds. The molecule has 1 fully saturated rings. The van der Waals surface area contributed by atoms with E-state index >= 15 is 0 Å². The van der Waals surface area contributed by atoms with Crippen LogP contribution >= 0.6 is 0 Å². The molecular formula is C16H18FN5O2. The lowest BCUT2D eigenvalue weighted by Gasteiger charge is -2.37. The van der Waals surface area contributed by atoms with Crippen molar-refractivity contribution in [2.75, 3.05) is 29.9 Å². The summed E-state index contributed by atoms with van der Waals surface area (Å²) >= 11 is 0. The maximum absolute atomic E-state index is 13.3. The SMILES string of the molecule is CN(c1ccc(F)cc1[N+](=O)[O-])C1CCN(c2cccnn2)CC1. The number of hydrogen-bond acceptors (Lipinski definition) is 6. The Kier molecular flexibility index (Phi) is 4.54. The Hall–Kier alpha value is -2.77. The molecule has 0 spiro atoms. The van der Waals surface area contributed by atoms with Gasteiger partial charge in [0.15, 0.2) is 5.82 Å². The van der Waals surface area contributed by atoms with E-state index in [1.54, 1.807) is 6.20 Å². The quantitative estimate of drug-likeness (QED) is 0.633. The number of nitro benzene ring substituents is 1. The third-order valence-electron chi connectivity index (χ3n) is 4.41. The molecule has 0 aliphatic carbocycles. The number of hydrogen-bond donors (Lipinski definition) is 0. The Labute approximate surface area is 138 Å². The van der Waals surface area contributed by atoms with Gasteiger partial charge in [0.1, 0.15) is 11.5 Å².